The van der Waals surface area contributed by atoms with E-state index in [9.17, 15) is 0 Å². The van der Waals surface area contributed by atoms with Gasteiger partial charge in [-0.1, -0.05) is 32.0 Å². The van der Waals surface area contributed by atoms with Crippen molar-refractivity contribution < 1.29 is 4.74 Å². The molecule has 1 saturated carbocycles. The first-order valence-electron chi connectivity index (χ1n) is 8.06. The molecule has 1 aliphatic carbocycles. The topological polar surface area (TPSA) is 38.5 Å². The average molecular weight is 290 g/mol. The van der Waals surface area contributed by atoms with Gasteiger partial charge in [-0.3, -0.25) is 4.90 Å². The summed E-state index contributed by atoms with van der Waals surface area (Å²) in [6, 6.07) is 8.28. The first kappa shape index (κ1) is 16.3. The highest BCUT2D eigenvalue weighted by atomic mass is 16.5. The van der Waals surface area contributed by atoms with Crippen molar-refractivity contribution in [2.75, 3.05) is 20.7 Å². The molecule has 1 aliphatic rings. The summed E-state index contributed by atoms with van der Waals surface area (Å²) in [5.74, 6) is 2.42. The summed E-state index contributed by atoms with van der Waals surface area (Å²) < 4.78 is 5.49. The van der Waals surface area contributed by atoms with Gasteiger partial charge in [0.05, 0.1) is 7.11 Å². The van der Waals surface area contributed by atoms with E-state index in [0.29, 0.717) is 5.92 Å². The molecule has 3 heteroatoms. The third kappa shape index (κ3) is 3.24. The van der Waals surface area contributed by atoms with Gasteiger partial charge >= 0.3 is 0 Å². The molecule has 1 aromatic carbocycles. The molecule has 0 bridgehead atoms. The van der Waals surface area contributed by atoms with Crippen molar-refractivity contribution in [3.05, 3.63) is 29.8 Å². The second-order valence-electron chi connectivity index (χ2n) is 6.76. The number of hydrogen-bond donors (Lipinski definition) is 1. The van der Waals surface area contributed by atoms with Crippen LogP contribution in [-0.4, -0.2) is 31.1 Å². The molecule has 0 saturated heterocycles. The first-order chi connectivity index (χ1) is 10.0. The molecule has 3 nitrogen and oxygen atoms in total. The van der Waals surface area contributed by atoms with E-state index in [-0.39, 0.29) is 5.54 Å². The number of nitrogens with two attached hydrogens (primary N) is 1. The van der Waals surface area contributed by atoms with Crippen molar-refractivity contribution in [3.8, 4) is 5.75 Å². The van der Waals surface area contributed by atoms with Crippen LogP contribution in [0.1, 0.15) is 38.7 Å². The molecule has 0 aromatic heterocycles. The smallest absolute Gasteiger partial charge is 0.123 e. The summed E-state index contributed by atoms with van der Waals surface area (Å²) in [6.07, 6.45) is 3.74. The Hall–Kier alpha value is -1.06. The third-order valence-electron chi connectivity index (χ3n) is 5.46. The Morgan fingerprint density at radius 2 is 2.05 bits per heavy atom. The Bertz CT molecular complexity index is 462. The van der Waals surface area contributed by atoms with Crippen LogP contribution in [0.4, 0.5) is 0 Å². The highest BCUT2D eigenvalue weighted by Crippen LogP contribution is 2.40. The highest BCUT2D eigenvalue weighted by Gasteiger charge is 2.42. The molecule has 0 heterocycles. The zero-order chi connectivity index (χ0) is 15.5. The second-order valence-corrected chi connectivity index (χ2v) is 6.76. The normalized spacial score (nSPS) is 29.6. The van der Waals surface area contributed by atoms with Crippen LogP contribution in [0.5, 0.6) is 5.75 Å². The predicted molar refractivity (Wildman–Crippen MR) is 88.4 cm³/mol. The van der Waals surface area contributed by atoms with Gasteiger partial charge in [0.1, 0.15) is 5.75 Å². The largest absolute Gasteiger partial charge is 0.496 e. The number of benzene rings is 1. The molecule has 2 N–H and O–H groups in total. The van der Waals surface area contributed by atoms with E-state index in [1.807, 2.05) is 12.1 Å². The molecule has 21 heavy (non-hydrogen) atoms. The number of likely N-dealkylation sites (N-methyl/N-ethyl adjacent to an activating group) is 1. The van der Waals surface area contributed by atoms with Gasteiger partial charge in [0.2, 0.25) is 0 Å². The van der Waals surface area contributed by atoms with Crippen LogP contribution < -0.4 is 10.5 Å². The Kier molecular flexibility index (Phi) is 5.28. The van der Waals surface area contributed by atoms with Crippen molar-refractivity contribution in [2.45, 2.75) is 45.2 Å². The van der Waals surface area contributed by atoms with Gasteiger partial charge in [0.25, 0.3) is 0 Å². The highest BCUT2D eigenvalue weighted by molar-refractivity contribution is 5.33. The molecular weight excluding hydrogens is 260 g/mol. The van der Waals surface area contributed by atoms with Crippen molar-refractivity contribution >= 4 is 0 Å². The van der Waals surface area contributed by atoms with E-state index in [1.165, 1.54) is 24.8 Å². The van der Waals surface area contributed by atoms with E-state index in [2.05, 4.69) is 37.9 Å². The van der Waals surface area contributed by atoms with Crippen molar-refractivity contribution in [2.24, 2.45) is 17.6 Å². The molecule has 2 rings (SSSR count). The molecule has 0 amide bonds. The quantitative estimate of drug-likeness (QED) is 0.904. The maximum Gasteiger partial charge on any atom is 0.123 e. The van der Waals surface area contributed by atoms with Crippen LogP contribution in [0.2, 0.25) is 0 Å². The summed E-state index contributed by atoms with van der Waals surface area (Å²) in [6.45, 7) is 6.34. The van der Waals surface area contributed by atoms with E-state index in [1.54, 1.807) is 7.11 Å². The lowest BCUT2D eigenvalue weighted by Gasteiger charge is -2.50. The Morgan fingerprint density at radius 3 is 2.67 bits per heavy atom. The van der Waals surface area contributed by atoms with Crippen molar-refractivity contribution in [1.82, 2.24) is 4.90 Å². The van der Waals surface area contributed by atoms with Gasteiger partial charge in [-0.05, 0) is 44.2 Å². The number of methoxy groups -OCH3 is 1. The molecule has 1 fully saturated rings. The molecule has 3 unspecified atom stereocenters. The number of rotatable bonds is 5. The lowest BCUT2D eigenvalue weighted by Crippen LogP contribution is -2.58. The summed E-state index contributed by atoms with van der Waals surface area (Å²) >= 11 is 0. The van der Waals surface area contributed by atoms with Gasteiger partial charge in [-0.2, -0.15) is 0 Å². The minimum Gasteiger partial charge on any atom is -0.496 e. The summed E-state index contributed by atoms with van der Waals surface area (Å²) in [4.78, 5) is 2.46. The minimum absolute atomic E-state index is 0.118. The lowest BCUT2D eigenvalue weighted by molar-refractivity contribution is 0.0125. The van der Waals surface area contributed by atoms with Gasteiger partial charge < -0.3 is 10.5 Å². The van der Waals surface area contributed by atoms with E-state index in [4.69, 9.17) is 10.5 Å². The fourth-order valence-electron chi connectivity index (χ4n) is 3.96. The fraction of sp³-hybridized carbons (Fsp3) is 0.667. The van der Waals surface area contributed by atoms with E-state index >= 15 is 0 Å². The van der Waals surface area contributed by atoms with Gasteiger partial charge in [-0.25, -0.2) is 0 Å². The Morgan fingerprint density at radius 1 is 1.33 bits per heavy atom. The van der Waals surface area contributed by atoms with Gasteiger partial charge in [0.15, 0.2) is 0 Å². The monoisotopic (exact) mass is 290 g/mol. The molecule has 0 radical (unpaired) electrons. The van der Waals surface area contributed by atoms with Gasteiger partial charge in [0, 0.05) is 24.2 Å². The van der Waals surface area contributed by atoms with Crippen LogP contribution in [0.25, 0.3) is 0 Å². The predicted octanol–water partition coefficient (Wildman–Crippen LogP) is 3.28. The summed E-state index contributed by atoms with van der Waals surface area (Å²) in [5, 5.41) is 0. The zero-order valence-corrected chi connectivity index (χ0v) is 13.9. The average Bonchev–Trinajstić information content (AvgIpc) is 2.48. The second kappa shape index (κ2) is 6.80. The molecule has 3 atom stereocenters. The molecule has 0 spiro atoms. The number of ether oxygens (including phenoxy) is 1. The Labute approximate surface area is 129 Å². The summed E-state index contributed by atoms with van der Waals surface area (Å²) in [7, 11) is 3.95. The minimum atomic E-state index is 0.118. The van der Waals surface area contributed by atoms with Crippen LogP contribution >= 0.6 is 0 Å². The number of hydrogen-bond acceptors (Lipinski definition) is 3. The van der Waals surface area contributed by atoms with Crippen LogP contribution in [0, 0.1) is 11.8 Å². The molecule has 1 aromatic rings. The maximum atomic E-state index is 6.23. The first-order valence-corrected chi connectivity index (χ1v) is 8.06. The SMILES string of the molecule is COc1ccccc1CN(C)C1(CN)CCC(C)CC1C. The van der Waals surface area contributed by atoms with Crippen LogP contribution in [0.3, 0.4) is 0 Å². The lowest BCUT2D eigenvalue weighted by atomic mass is 9.69. The molecule has 0 aliphatic heterocycles. The van der Waals surface area contributed by atoms with Gasteiger partial charge in [-0.15, -0.1) is 0 Å². The number of nitrogens with zero attached hydrogens (tertiary/aromatic N) is 1. The summed E-state index contributed by atoms with van der Waals surface area (Å²) in [5.41, 5.74) is 7.58. The number of para-hydroxylation sites is 1. The third-order valence-corrected chi connectivity index (χ3v) is 5.46. The van der Waals surface area contributed by atoms with Crippen molar-refractivity contribution in [1.29, 1.82) is 0 Å². The van der Waals surface area contributed by atoms with Crippen LogP contribution in [-0.2, 0) is 6.54 Å². The Balaban J connectivity index is 2.18. The molecular formula is C18H30N2O. The molecule has 118 valence electrons. The van der Waals surface area contributed by atoms with E-state index in [0.717, 1.165) is 24.8 Å². The zero-order valence-electron chi connectivity index (χ0n) is 13.9. The maximum absolute atomic E-state index is 6.23. The standard InChI is InChI=1S/C18H30N2O/c1-14-9-10-18(13-19,15(2)11-14)20(3)12-16-7-5-6-8-17(16)21-4/h5-8,14-15H,9-13,19H2,1-4H3. The van der Waals surface area contributed by atoms with Crippen LogP contribution in [0.15, 0.2) is 24.3 Å². The fourth-order valence-corrected chi connectivity index (χ4v) is 3.96. The van der Waals surface area contributed by atoms with E-state index < -0.39 is 0 Å². The van der Waals surface area contributed by atoms with Crippen molar-refractivity contribution in [3.63, 3.8) is 0 Å².